The van der Waals surface area contributed by atoms with E-state index in [1.807, 2.05) is 0 Å². The average Bonchev–Trinajstić information content (AvgIpc) is 3.16. The van der Waals surface area contributed by atoms with Crippen LogP contribution in [0.3, 0.4) is 0 Å². The van der Waals surface area contributed by atoms with Gasteiger partial charge >= 0.3 is 5.69 Å². The average molecular weight is 351 g/mol. The van der Waals surface area contributed by atoms with Crippen molar-refractivity contribution in [1.82, 2.24) is 14.9 Å². The van der Waals surface area contributed by atoms with Gasteiger partial charge in [-0.1, -0.05) is 0 Å². The highest BCUT2D eigenvalue weighted by Crippen LogP contribution is 2.32. The van der Waals surface area contributed by atoms with Crippen molar-refractivity contribution in [3.63, 3.8) is 0 Å². The normalized spacial score (nSPS) is 17.6. The lowest BCUT2D eigenvalue weighted by molar-refractivity contribution is -0.385. The summed E-state index contributed by atoms with van der Waals surface area (Å²) in [4.78, 5) is 10.1. The molecule has 11 heteroatoms. The number of benzene rings is 1. The van der Waals surface area contributed by atoms with E-state index in [0.29, 0.717) is 12.4 Å². The predicted molar refractivity (Wildman–Crippen MR) is 84.8 cm³/mol. The fraction of sp³-hybridized carbons (Fsp3) is 0.308. The summed E-state index contributed by atoms with van der Waals surface area (Å²) in [7, 11) is 0. The SMILES string of the molecule is O=[N+]([O-])c1cc(/C=N\n2c(C3CCCO3)n[nH]c2=S)c(O)cc1O. The summed E-state index contributed by atoms with van der Waals surface area (Å²) < 4.78 is 7.10. The molecule has 0 radical (unpaired) electrons. The van der Waals surface area contributed by atoms with E-state index in [-0.39, 0.29) is 22.2 Å². The molecule has 10 nitrogen and oxygen atoms in total. The predicted octanol–water partition coefficient (Wildman–Crippen LogP) is 1.99. The molecule has 126 valence electrons. The van der Waals surface area contributed by atoms with Crippen LogP contribution in [0.5, 0.6) is 11.5 Å². The van der Waals surface area contributed by atoms with Crippen molar-refractivity contribution in [3.8, 4) is 11.5 Å². The summed E-state index contributed by atoms with van der Waals surface area (Å²) in [6, 6.07) is 1.90. The van der Waals surface area contributed by atoms with Crippen molar-refractivity contribution in [2.24, 2.45) is 5.10 Å². The van der Waals surface area contributed by atoms with Gasteiger partial charge in [-0.25, -0.2) is 0 Å². The maximum absolute atomic E-state index is 10.9. The lowest BCUT2D eigenvalue weighted by Gasteiger charge is -2.07. The second-order valence-electron chi connectivity index (χ2n) is 5.10. The fourth-order valence-corrected chi connectivity index (χ4v) is 2.54. The number of phenolic OH excluding ortho intramolecular Hbond substituents is 2. The molecule has 1 aromatic carbocycles. The molecule has 3 N–H and O–H groups in total. The number of H-pyrrole nitrogens is 1. The van der Waals surface area contributed by atoms with E-state index in [2.05, 4.69) is 15.3 Å². The Labute approximate surface area is 140 Å². The van der Waals surface area contributed by atoms with Gasteiger partial charge in [0.1, 0.15) is 11.9 Å². The van der Waals surface area contributed by atoms with Crippen molar-refractivity contribution in [1.29, 1.82) is 0 Å². The summed E-state index contributed by atoms with van der Waals surface area (Å²) in [5, 5.41) is 41.0. The molecule has 0 spiro atoms. The zero-order valence-electron chi connectivity index (χ0n) is 12.2. The second-order valence-corrected chi connectivity index (χ2v) is 5.49. The standard InChI is InChI=1S/C13H13N5O5S/c19-9-5-10(20)8(18(21)22)4-7(9)6-14-17-12(15-16-13(17)24)11-2-1-3-23-11/h4-6,11,19-20H,1-3H2,(H,16,24)/b14-6-. The number of nitrogens with one attached hydrogen (secondary N) is 1. The van der Waals surface area contributed by atoms with Crippen molar-refractivity contribution < 1.29 is 19.9 Å². The van der Waals surface area contributed by atoms with E-state index < -0.39 is 16.4 Å². The number of ether oxygens (including phenoxy) is 1. The quantitative estimate of drug-likeness (QED) is 0.331. The molecule has 2 heterocycles. The van der Waals surface area contributed by atoms with Crippen LogP contribution in [-0.2, 0) is 4.74 Å². The van der Waals surface area contributed by atoms with Gasteiger partial charge in [0.2, 0.25) is 4.77 Å². The number of phenols is 2. The first-order chi connectivity index (χ1) is 11.5. The minimum atomic E-state index is -0.757. The Bertz CT molecular complexity index is 868. The van der Waals surface area contributed by atoms with Crippen LogP contribution in [0.1, 0.15) is 30.3 Å². The number of aromatic amines is 1. The maximum Gasteiger partial charge on any atom is 0.311 e. The molecule has 0 bridgehead atoms. The molecule has 1 fully saturated rings. The molecule has 24 heavy (non-hydrogen) atoms. The number of rotatable bonds is 4. The van der Waals surface area contributed by atoms with Gasteiger partial charge in [0, 0.05) is 24.3 Å². The van der Waals surface area contributed by atoms with Gasteiger partial charge in [0.25, 0.3) is 0 Å². The van der Waals surface area contributed by atoms with Crippen molar-refractivity contribution in [2.45, 2.75) is 18.9 Å². The summed E-state index contributed by atoms with van der Waals surface area (Å²) in [5.41, 5.74) is -0.481. The molecule has 1 aliphatic rings. The van der Waals surface area contributed by atoms with Crippen molar-refractivity contribution in [3.05, 3.63) is 38.4 Å². The molecule has 0 saturated carbocycles. The minimum Gasteiger partial charge on any atom is -0.507 e. The van der Waals surface area contributed by atoms with Gasteiger partial charge in [-0.05, 0) is 25.1 Å². The maximum atomic E-state index is 10.9. The smallest absolute Gasteiger partial charge is 0.311 e. The first-order valence-corrected chi connectivity index (χ1v) is 7.42. The third-order valence-corrected chi connectivity index (χ3v) is 3.79. The van der Waals surface area contributed by atoms with Gasteiger partial charge < -0.3 is 14.9 Å². The number of nitrogens with zero attached hydrogens (tertiary/aromatic N) is 4. The monoisotopic (exact) mass is 351 g/mol. The molecule has 1 unspecified atom stereocenters. The Morgan fingerprint density at radius 3 is 2.96 bits per heavy atom. The number of hydrogen-bond acceptors (Lipinski definition) is 8. The topological polar surface area (TPSA) is 139 Å². The molecule has 1 aliphatic heterocycles. The molecule has 1 saturated heterocycles. The van der Waals surface area contributed by atoms with Crippen LogP contribution in [0.4, 0.5) is 5.69 Å². The summed E-state index contributed by atoms with van der Waals surface area (Å²) in [5.74, 6) is -0.494. The summed E-state index contributed by atoms with van der Waals surface area (Å²) >= 11 is 5.11. The van der Waals surface area contributed by atoms with Crippen LogP contribution in [0, 0.1) is 14.9 Å². The molecule has 0 amide bonds. The molecule has 0 aliphatic carbocycles. The van der Waals surface area contributed by atoms with E-state index in [1.54, 1.807) is 0 Å². The van der Waals surface area contributed by atoms with Gasteiger partial charge in [-0.15, -0.1) is 0 Å². The number of aromatic hydroxyl groups is 2. The van der Waals surface area contributed by atoms with Gasteiger partial charge in [-0.3, -0.25) is 15.2 Å². The lowest BCUT2D eigenvalue weighted by Crippen LogP contribution is -2.05. The van der Waals surface area contributed by atoms with Crippen LogP contribution in [0.15, 0.2) is 17.2 Å². The van der Waals surface area contributed by atoms with Crippen LogP contribution in [0.2, 0.25) is 0 Å². The third kappa shape index (κ3) is 2.98. The highest BCUT2D eigenvalue weighted by Gasteiger charge is 2.23. The van der Waals surface area contributed by atoms with Crippen LogP contribution < -0.4 is 0 Å². The van der Waals surface area contributed by atoms with E-state index >= 15 is 0 Å². The Morgan fingerprint density at radius 2 is 2.29 bits per heavy atom. The zero-order valence-corrected chi connectivity index (χ0v) is 13.1. The van der Waals surface area contributed by atoms with Crippen molar-refractivity contribution >= 4 is 24.1 Å². The number of aromatic nitrogens is 3. The highest BCUT2D eigenvalue weighted by molar-refractivity contribution is 7.71. The largest absolute Gasteiger partial charge is 0.507 e. The first kappa shape index (κ1) is 16.1. The second kappa shape index (κ2) is 6.37. The van der Waals surface area contributed by atoms with E-state index in [0.717, 1.165) is 25.0 Å². The van der Waals surface area contributed by atoms with E-state index in [4.69, 9.17) is 17.0 Å². The number of nitro groups is 1. The number of hydrogen-bond donors (Lipinski definition) is 3. The highest BCUT2D eigenvalue weighted by atomic mass is 32.1. The van der Waals surface area contributed by atoms with Crippen LogP contribution in [-0.4, -0.2) is 42.8 Å². The molecular weight excluding hydrogens is 338 g/mol. The molecular formula is C13H13N5O5S. The number of nitro benzene ring substituents is 1. The Balaban J connectivity index is 1.97. The summed E-state index contributed by atoms with van der Waals surface area (Å²) in [6.45, 7) is 0.624. The van der Waals surface area contributed by atoms with Crippen LogP contribution in [0.25, 0.3) is 0 Å². The Hall–Kier alpha value is -2.79. The Morgan fingerprint density at radius 1 is 1.50 bits per heavy atom. The molecule has 2 aromatic rings. The van der Waals surface area contributed by atoms with Gasteiger partial charge in [-0.2, -0.15) is 14.9 Å². The summed E-state index contributed by atoms with van der Waals surface area (Å²) in [6.07, 6.45) is 2.65. The van der Waals surface area contributed by atoms with Gasteiger partial charge in [0.05, 0.1) is 11.1 Å². The Kier molecular flexibility index (Phi) is 4.27. The van der Waals surface area contributed by atoms with Gasteiger partial charge in [0.15, 0.2) is 11.6 Å². The zero-order chi connectivity index (χ0) is 17.3. The minimum absolute atomic E-state index is 0.0564. The fourth-order valence-electron chi connectivity index (χ4n) is 2.36. The molecule has 1 atom stereocenters. The molecule has 3 rings (SSSR count). The van der Waals surface area contributed by atoms with E-state index in [1.165, 1.54) is 10.9 Å². The van der Waals surface area contributed by atoms with Crippen molar-refractivity contribution in [2.75, 3.05) is 6.61 Å². The third-order valence-electron chi connectivity index (χ3n) is 3.53. The van der Waals surface area contributed by atoms with Crippen LogP contribution >= 0.6 is 12.2 Å². The molecule has 1 aromatic heterocycles. The first-order valence-electron chi connectivity index (χ1n) is 7.01. The van der Waals surface area contributed by atoms with E-state index in [9.17, 15) is 20.3 Å². The lowest BCUT2D eigenvalue weighted by atomic mass is 10.2.